The smallest absolute Gasteiger partial charge is 0.233 e. The molecule has 9 heteroatoms. The fourth-order valence-electron chi connectivity index (χ4n) is 2.75. The third-order valence-electron chi connectivity index (χ3n) is 4.16. The van der Waals surface area contributed by atoms with Crippen LogP contribution in [0.3, 0.4) is 0 Å². The quantitative estimate of drug-likeness (QED) is 0.488. The van der Waals surface area contributed by atoms with E-state index in [1.165, 1.54) is 23.1 Å². The minimum atomic E-state index is 0.0456. The number of nitrogens with zero attached hydrogens (tertiary/aromatic N) is 4. The van der Waals surface area contributed by atoms with Crippen LogP contribution in [0.25, 0.3) is 5.69 Å². The van der Waals surface area contributed by atoms with Crippen LogP contribution in [-0.2, 0) is 11.3 Å². The van der Waals surface area contributed by atoms with Crippen LogP contribution in [0.1, 0.15) is 17.6 Å². The number of amides is 1. The van der Waals surface area contributed by atoms with Gasteiger partial charge >= 0.3 is 0 Å². The minimum Gasteiger partial charge on any atom is -0.495 e. The van der Waals surface area contributed by atoms with E-state index in [1.807, 2.05) is 59.7 Å². The molecule has 6 nitrogen and oxygen atoms in total. The number of carbonyl (C=O) groups is 1. The number of halogens is 1. The molecule has 3 aromatic rings. The number of aromatic nitrogens is 3. The molecule has 2 heterocycles. The van der Waals surface area contributed by atoms with Crippen LogP contribution in [0.2, 0.25) is 4.34 Å². The van der Waals surface area contributed by atoms with Crippen molar-refractivity contribution >= 4 is 40.6 Å². The van der Waals surface area contributed by atoms with Gasteiger partial charge < -0.3 is 9.64 Å². The summed E-state index contributed by atoms with van der Waals surface area (Å²) in [6.07, 6.45) is 0. The highest BCUT2D eigenvalue weighted by molar-refractivity contribution is 7.99. The third-order valence-corrected chi connectivity index (χ3v) is 6.29. The highest BCUT2D eigenvalue weighted by Crippen LogP contribution is 2.29. The Hall–Kier alpha value is -2.03. The molecule has 28 heavy (non-hydrogen) atoms. The van der Waals surface area contributed by atoms with Crippen molar-refractivity contribution in [3.63, 3.8) is 0 Å². The summed E-state index contributed by atoms with van der Waals surface area (Å²) in [5.41, 5.74) is 0.850. The van der Waals surface area contributed by atoms with Gasteiger partial charge in [-0.3, -0.25) is 9.36 Å². The first-order chi connectivity index (χ1) is 13.5. The molecule has 148 valence electrons. The van der Waals surface area contributed by atoms with Gasteiger partial charge in [0.25, 0.3) is 0 Å². The van der Waals surface area contributed by atoms with Crippen molar-refractivity contribution in [2.45, 2.75) is 25.5 Å². The van der Waals surface area contributed by atoms with E-state index in [4.69, 9.17) is 16.3 Å². The SMILES string of the molecule is CCN(Cc1ccc(Cl)s1)C(=O)CSc1nnc(C)n1-c1ccccc1OC. The zero-order valence-corrected chi connectivity index (χ0v) is 18.3. The molecule has 0 radical (unpaired) electrons. The molecule has 2 aromatic heterocycles. The van der Waals surface area contributed by atoms with E-state index in [9.17, 15) is 4.79 Å². The van der Waals surface area contributed by atoms with Crippen molar-refractivity contribution in [2.24, 2.45) is 0 Å². The van der Waals surface area contributed by atoms with E-state index in [-0.39, 0.29) is 11.7 Å². The average Bonchev–Trinajstić information content (AvgIpc) is 3.29. The predicted octanol–water partition coefficient (Wildman–Crippen LogP) is 4.44. The molecule has 1 aromatic carbocycles. The van der Waals surface area contributed by atoms with Crippen LogP contribution in [0.15, 0.2) is 41.6 Å². The summed E-state index contributed by atoms with van der Waals surface area (Å²) >= 11 is 8.86. The Morgan fingerprint density at radius 2 is 2.07 bits per heavy atom. The van der Waals surface area contributed by atoms with Gasteiger partial charge in [0, 0.05) is 11.4 Å². The fourth-order valence-corrected chi connectivity index (χ4v) is 4.74. The zero-order valence-electron chi connectivity index (χ0n) is 15.9. The highest BCUT2D eigenvalue weighted by atomic mass is 35.5. The normalized spacial score (nSPS) is 10.9. The maximum absolute atomic E-state index is 12.7. The summed E-state index contributed by atoms with van der Waals surface area (Å²) in [5.74, 6) is 1.79. The lowest BCUT2D eigenvalue weighted by Crippen LogP contribution is -2.31. The van der Waals surface area contributed by atoms with E-state index in [1.54, 1.807) is 7.11 Å². The molecule has 3 rings (SSSR count). The first-order valence-electron chi connectivity index (χ1n) is 8.73. The number of benzene rings is 1. The first-order valence-corrected chi connectivity index (χ1v) is 10.9. The van der Waals surface area contributed by atoms with E-state index >= 15 is 0 Å². The molecule has 0 unspecified atom stereocenters. The number of hydrogen-bond acceptors (Lipinski definition) is 6. The second-order valence-electron chi connectivity index (χ2n) is 5.94. The maximum atomic E-state index is 12.7. The molecule has 0 spiro atoms. The monoisotopic (exact) mass is 436 g/mol. The zero-order chi connectivity index (χ0) is 20.1. The molecule has 0 saturated heterocycles. The third kappa shape index (κ3) is 4.68. The standard InChI is InChI=1S/C19H21ClN4O2S2/c1-4-23(11-14-9-10-17(20)28-14)18(25)12-27-19-22-21-13(2)24(19)15-7-5-6-8-16(15)26-3/h5-10H,4,11-12H2,1-3H3. The number of hydrogen-bond donors (Lipinski definition) is 0. The summed E-state index contributed by atoms with van der Waals surface area (Å²) in [5, 5.41) is 9.08. The van der Waals surface area contributed by atoms with Crippen molar-refractivity contribution in [1.29, 1.82) is 0 Å². The first kappa shape index (κ1) is 20.7. The molecule has 0 fully saturated rings. The van der Waals surface area contributed by atoms with Crippen molar-refractivity contribution in [1.82, 2.24) is 19.7 Å². The van der Waals surface area contributed by atoms with Gasteiger partial charge in [0.1, 0.15) is 11.6 Å². The second-order valence-corrected chi connectivity index (χ2v) is 8.68. The van der Waals surface area contributed by atoms with Gasteiger partial charge in [-0.15, -0.1) is 21.5 Å². The molecule has 1 amide bonds. The van der Waals surface area contributed by atoms with Crippen molar-refractivity contribution in [3.05, 3.63) is 51.4 Å². The lowest BCUT2D eigenvalue weighted by atomic mass is 10.3. The van der Waals surface area contributed by atoms with Gasteiger partial charge in [0.2, 0.25) is 5.91 Å². The number of carbonyl (C=O) groups excluding carboxylic acids is 1. The summed E-state index contributed by atoms with van der Waals surface area (Å²) in [6.45, 7) is 5.04. The molecule has 0 saturated carbocycles. The number of rotatable bonds is 8. The molecule has 0 aliphatic heterocycles. The maximum Gasteiger partial charge on any atom is 0.233 e. The lowest BCUT2D eigenvalue weighted by molar-refractivity contribution is -0.128. The molecular formula is C19H21ClN4O2S2. The Labute approximate surface area is 177 Å². The van der Waals surface area contributed by atoms with E-state index in [0.29, 0.717) is 18.2 Å². The van der Waals surface area contributed by atoms with Crippen molar-refractivity contribution < 1.29 is 9.53 Å². The Morgan fingerprint density at radius 1 is 1.29 bits per heavy atom. The van der Waals surface area contributed by atoms with Gasteiger partial charge in [0.05, 0.1) is 29.4 Å². The van der Waals surface area contributed by atoms with Crippen molar-refractivity contribution in [2.75, 3.05) is 19.4 Å². The molecule has 0 N–H and O–H groups in total. The molecule has 0 aliphatic rings. The van der Waals surface area contributed by atoms with Gasteiger partial charge in [0.15, 0.2) is 5.16 Å². The number of aryl methyl sites for hydroxylation is 1. The summed E-state index contributed by atoms with van der Waals surface area (Å²) in [7, 11) is 1.63. The van der Waals surface area contributed by atoms with E-state index in [2.05, 4.69) is 10.2 Å². The molecular weight excluding hydrogens is 416 g/mol. The summed E-state index contributed by atoms with van der Waals surface area (Å²) < 4.78 is 8.10. The largest absolute Gasteiger partial charge is 0.495 e. The lowest BCUT2D eigenvalue weighted by Gasteiger charge is -2.20. The number of para-hydroxylation sites is 2. The van der Waals surface area contributed by atoms with Gasteiger partial charge in [-0.05, 0) is 38.1 Å². The van der Waals surface area contributed by atoms with Crippen LogP contribution in [0, 0.1) is 6.92 Å². The topological polar surface area (TPSA) is 60.2 Å². The second kappa shape index (κ2) is 9.45. The number of methoxy groups -OCH3 is 1. The van der Waals surface area contributed by atoms with E-state index < -0.39 is 0 Å². The number of thioether (sulfide) groups is 1. The van der Waals surface area contributed by atoms with Crippen molar-refractivity contribution in [3.8, 4) is 11.4 Å². The Kier molecular flexibility index (Phi) is 6.98. The Balaban J connectivity index is 1.73. The highest BCUT2D eigenvalue weighted by Gasteiger charge is 2.18. The fraction of sp³-hybridized carbons (Fsp3) is 0.316. The van der Waals surface area contributed by atoms with Crippen LogP contribution in [0.4, 0.5) is 0 Å². The molecule has 0 bridgehead atoms. The van der Waals surface area contributed by atoms with Crippen LogP contribution < -0.4 is 4.74 Å². The van der Waals surface area contributed by atoms with Gasteiger partial charge in [-0.1, -0.05) is 35.5 Å². The number of ether oxygens (including phenoxy) is 1. The summed E-state index contributed by atoms with van der Waals surface area (Å²) in [6, 6.07) is 11.5. The number of thiophene rings is 1. The Bertz CT molecular complexity index is 957. The van der Waals surface area contributed by atoms with Crippen LogP contribution >= 0.6 is 34.7 Å². The Morgan fingerprint density at radius 3 is 2.75 bits per heavy atom. The molecule has 0 atom stereocenters. The average molecular weight is 437 g/mol. The van der Waals surface area contributed by atoms with Crippen LogP contribution in [-0.4, -0.2) is 45.0 Å². The predicted molar refractivity (Wildman–Crippen MR) is 114 cm³/mol. The van der Waals surface area contributed by atoms with Crippen LogP contribution in [0.5, 0.6) is 5.75 Å². The van der Waals surface area contributed by atoms with E-state index in [0.717, 1.165) is 26.5 Å². The molecule has 0 aliphatic carbocycles. The summed E-state index contributed by atoms with van der Waals surface area (Å²) in [4.78, 5) is 15.6. The minimum absolute atomic E-state index is 0.0456. The van der Waals surface area contributed by atoms with Gasteiger partial charge in [-0.25, -0.2) is 0 Å². The van der Waals surface area contributed by atoms with Gasteiger partial charge in [-0.2, -0.15) is 0 Å².